The Balaban J connectivity index is 1.47. The summed E-state index contributed by atoms with van der Waals surface area (Å²) in [6.45, 7) is 10.9. The van der Waals surface area contributed by atoms with Crippen LogP contribution in [0.3, 0.4) is 0 Å². The fourth-order valence-electron chi connectivity index (χ4n) is 7.31. The number of ketones is 2. The fraction of sp³-hybridized carbons (Fsp3) is 0.615. The van der Waals surface area contributed by atoms with Crippen LogP contribution in [-0.2, 0) is 40.2 Å². The predicted octanol–water partition coefficient (Wildman–Crippen LogP) is 5.98. The number of allylic oxidation sites excluding steroid dienone is 1. The lowest BCUT2D eigenvalue weighted by molar-refractivity contribution is -0.150. The van der Waals surface area contributed by atoms with Crippen molar-refractivity contribution in [1.82, 2.24) is 9.88 Å². The van der Waals surface area contributed by atoms with Gasteiger partial charge in [-0.3, -0.25) is 19.2 Å². The second-order valence-corrected chi connectivity index (χ2v) is 18.1. The second kappa shape index (κ2) is 15.3. The summed E-state index contributed by atoms with van der Waals surface area (Å²) in [5.41, 5.74) is -0.0519. The van der Waals surface area contributed by atoms with Crippen LogP contribution in [0.5, 0.6) is 5.88 Å². The molecule has 0 spiro atoms. The zero-order chi connectivity index (χ0) is 36.3. The summed E-state index contributed by atoms with van der Waals surface area (Å²) < 4.78 is 37.0. The Bertz CT molecular complexity index is 1730. The maximum absolute atomic E-state index is 14.4. The lowest BCUT2D eigenvalue weighted by atomic mass is 9.88. The van der Waals surface area contributed by atoms with Crippen molar-refractivity contribution in [2.24, 2.45) is 17.3 Å². The summed E-state index contributed by atoms with van der Waals surface area (Å²) in [5, 5.41) is 1.82. The van der Waals surface area contributed by atoms with Gasteiger partial charge in [-0.05, 0) is 88.3 Å². The Morgan fingerprint density at radius 3 is 2.62 bits per heavy atom. The molecule has 1 amide bonds. The van der Waals surface area contributed by atoms with E-state index in [0.717, 1.165) is 54.9 Å². The number of hydrogen-bond donors (Lipinski definition) is 0. The largest absolute Gasteiger partial charge is 0.472 e. The predicted molar refractivity (Wildman–Crippen MR) is 191 cm³/mol. The number of esters is 1. The Labute approximate surface area is 296 Å². The molecule has 1 aliphatic carbocycles. The number of ether oxygens (including phenoxy) is 2. The monoisotopic (exact) mass is 708 g/mol. The number of unbranched alkanes of at least 4 members (excludes halogenated alkanes) is 1. The average molecular weight is 709 g/mol. The summed E-state index contributed by atoms with van der Waals surface area (Å²) in [7, 11) is -3.78. The lowest BCUT2D eigenvalue weighted by Crippen LogP contribution is -2.45. The van der Waals surface area contributed by atoms with Crippen LogP contribution in [0.15, 0.2) is 43.1 Å². The molecule has 1 saturated heterocycles. The highest BCUT2D eigenvalue weighted by Crippen LogP contribution is 2.57. The first-order valence-electron chi connectivity index (χ1n) is 18.1. The van der Waals surface area contributed by atoms with E-state index in [1.165, 1.54) is 4.90 Å². The summed E-state index contributed by atoms with van der Waals surface area (Å²) in [5.74, 6) is -2.83. The van der Waals surface area contributed by atoms with Crippen molar-refractivity contribution in [2.75, 3.05) is 18.9 Å². The lowest BCUT2D eigenvalue weighted by Gasteiger charge is -2.29. The van der Waals surface area contributed by atoms with E-state index < -0.39 is 55.6 Å². The Hall–Kier alpha value is -3.60. The zero-order valence-electron chi connectivity index (χ0n) is 29.9. The molecule has 2 aromatic rings. The Morgan fingerprint density at radius 1 is 1.14 bits per heavy atom. The molecule has 3 heterocycles. The molecule has 1 saturated carbocycles. The van der Waals surface area contributed by atoms with Crippen LogP contribution in [-0.4, -0.2) is 77.5 Å². The van der Waals surface area contributed by atoms with Gasteiger partial charge in [0.25, 0.3) is 0 Å². The van der Waals surface area contributed by atoms with Crippen LogP contribution < -0.4 is 4.74 Å². The zero-order valence-corrected chi connectivity index (χ0v) is 30.8. The number of Topliss-reactive ketones (excluding diaryl/α,β-unsaturated/α-hetero) is 2. The molecule has 50 heavy (non-hydrogen) atoms. The number of cyclic esters (lactones) is 1. The number of sulfone groups is 1. The number of rotatable bonds is 10. The van der Waals surface area contributed by atoms with Gasteiger partial charge in [0.2, 0.25) is 11.8 Å². The number of amides is 1. The van der Waals surface area contributed by atoms with E-state index >= 15 is 0 Å². The molecule has 11 heteroatoms. The number of fused-ring (bicyclic) bond motifs is 3. The first-order valence-corrected chi connectivity index (χ1v) is 19.8. The van der Waals surface area contributed by atoms with Gasteiger partial charge in [0.05, 0.1) is 30.4 Å². The van der Waals surface area contributed by atoms with E-state index in [4.69, 9.17) is 9.47 Å². The standard InChI is InChI=1S/C39H52N2O8S/c1-6-8-13-28-20-35(44)48-18-11-9-10-12-26-14-15-27-16-17-40-36(31(27)19-26)49-30-21-32(41(24-30)37(28)45)33(42)23-39(22-29(39)7-2)34(43)25-50(46,47)38(3,4)5/h7,14-17,19,28-30,32H,2,6,8-13,18,20-25H2,1,3-5H3/t28-,29+,30-,32+,39-/m1/s1. The van der Waals surface area contributed by atoms with E-state index in [9.17, 15) is 27.6 Å². The van der Waals surface area contributed by atoms with Crippen molar-refractivity contribution >= 4 is 44.1 Å². The van der Waals surface area contributed by atoms with Gasteiger partial charge in [0, 0.05) is 35.8 Å². The molecular weight excluding hydrogens is 657 g/mol. The molecule has 272 valence electrons. The highest BCUT2D eigenvalue weighted by atomic mass is 32.2. The first kappa shape index (κ1) is 37.7. The van der Waals surface area contributed by atoms with Crippen molar-refractivity contribution in [3.8, 4) is 5.88 Å². The van der Waals surface area contributed by atoms with E-state index in [1.54, 1.807) is 33.0 Å². The minimum atomic E-state index is -3.78. The number of aryl methyl sites for hydroxylation is 1. The van der Waals surface area contributed by atoms with E-state index in [2.05, 4.69) is 23.7 Å². The van der Waals surface area contributed by atoms with Gasteiger partial charge >= 0.3 is 5.97 Å². The smallest absolute Gasteiger partial charge is 0.306 e. The van der Waals surface area contributed by atoms with Crippen molar-refractivity contribution in [3.05, 3.63) is 48.7 Å². The van der Waals surface area contributed by atoms with Crippen LogP contribution >= 0.6 is 0 Å². The molecule has 1 aromatic heterocycles. The number of carbonyl (C=O) groups is 4. The van der Waals surface area contributed by atoms with Gasteiger partial charge in [-0.2, -0.15) is 0 Å². The normalized spacial score (nSPS) is 26.5. The quantitative estimate of drug-likeness (QED) is 0.216. The number of benzene rings is 1. The van der Waals surface area contributed by atoms with Gasteiger partial charge in [0.15, 0.2) is 21.4 Å². The summed E-state index contributed by atoms with van der Waals surface area (Å²) >= 11 is 0. The van der Waals surface area contributed by atoms with Crippen molar-refractivity contribution in [1.29, 1.82) is 0 Å². The average Bonchev–Trinajstić information content (AvgIpc) is 3.62. The molecule has 0 radical (unpaired) electrons. The summed E-state index contributed by atoms with van der Waals surface area (Å²) in [6, 6.07) is 7.20. The van der Waals surface area contributed by atoms with Crippen molar-refractivity contribution < 1.29 is 37.1 Å². The van der Waals surface area contributed by atoms with Crippen molar-refractivity contribution in [3.63, 3.8) is 0 Å². The number of carbonyl (C=O) groups excluding carboxylic acids is 4. The molecule has 2 aliphatic heterocycles. The number of hydrogen-bond acceptors (Lipinski definition) is 9. The molecular formula is C39H52N2O8S. The van der Waals surface area contributed by atoms with Crippen LogP contribution in [0, 0.1) is 17.3 Å². The number of nitrogens with zero attached hydrogens (tertiary/aromatic N) is 2. The highest BCUT2D eigenvalue weighted by Gasteiger charge is 2.60. The fourth-order valence-corrected chi connectivity index (χ4v) is 8.37. The third-order valence-electron chi connectivity index (χ3n) is 10.7. The van der Waals surface area contributed by atoms with Crippen LogP contribution in [0.25, 0.3) is 10.8 Å². The van der Waals surface area contributed by atoms with Crippen LogP contribution in [0.1, 0.15) is 97.5 Å². The molecule has 10 nitrogen and oxygen atoms in total. The third kappa shape index (κ3) is 8.30. The Morgan fingerprint density at radius 2 is 1.92 bits per heavy atom. The molecule has 4 bridgehead atoms. The number of pyridine rings is 1. The molecule has 0 unspecified atom stereocenters. The number of aromatic nitrogens is 1. The molecule has 1 aromatic carbocycles. The van der Waals surface area contributed by atoms with Gasteiger partial charge in [0.1, 0.15) is 11.9 Å². The first-order chi connectivity index (χ1) is 23.7. The SMILES string of the molecule is C=C[C@H]1C[C@]1(CC(=O)[C@@H]1C[C@@H]2CN1C(=O)[C@H](CCCC)CC(=O)OCCCCCc1ccc3ccnc(c3c1)O2)C(=O)CS(=O)(=O)C(C)(C)C. The maximum Gasteiger partial charge on any atom is 0.306 e. The third-order valence-corrected chi connectivity index (χ3v) is 13.3. The Kier molecular flexibility index (Phi) is 11.5. The van der Waals surface area contributed by atoms with E-state index in [1.807, 2.05) is 19.1 Å². The maximum atomic E-state index is 14.4. The van der Waals surface area contributed by atoms with Gasteiger partial charge < -0.3 is 14.4 Å². The molecule has 5 atom stereocenters. The molecule has 3 aliphatic rings. The van der Waals surface area contributed by atoms with E-state index in [-0.39, 0.29) is 50.0 Å². The minimum Gasteiger partial charge on any atom is -0.472 e. The minimum absolute atomic E-state index is 0.0845. The van der Waals surface area contributed by atoms with Crippen molar-refractivity contribution in [2.45, 2.75) is 115 Å². The highest BCUT2D eigenvalue weighted by molar-refractivity contribution is 7.93. The molecule has 5 rings (SSSR count). The summed E-state index contributed by atoms with van der Waals surface area (Å²) in [4.78, 5) is 61.5. The second-order valence-electron chi connectivity index (χ2n) is 15.4. The van der Waals surface area contributed by atoms with Gasteiger partial charge in [-0.25, -0.2) is 13.4 Å². The van der Waals surface area contributed by atoms with Crippen LogP contribution in [0.2, 0.25) is 0 Å². The van der Waals surface area contributed by atoms with Gasteiger partial charge in [-0.15, -0.1) is 6.58 Å². The molecule has 2 fully saturated rings. The topological polar surface area (TPSA) is 137 Å². The summed E-state index contributed by atoms with van der Waals surface area (Å²) in [6.07, 6.45) is 8.33. The van der Waals surface area contributed by atoms with Crippen LogP contribution in [0.4, 0.5) is 0 Å². The van der Waals surface area contributed by atoms with E-state index in [0.29, 0.717) is 18.7 Å². The molecule has 0 N–H and O–H groups in total. The van der Waals surface area contributed by atoms with Gasteiger partial charge in [-0.1, -0.05) is 38.0 Å².